The highest BCUT2D eigenvalue weighted by Crippen LogP contribution is 2.07. The van der Waals surface area contributed by atoms with Crippen LogP contribution < -0.4 is 5.73 Å². The number of ether oxygens (including phenoxy) is 1. The molecule has 86 valence electrons. The zero-order valence-corrected chi connectivity index (χ0v) is 9.97. The normalized spacial score (nSPS) is 12.0. The van der Waals surface area contributed by atoms with Gasteiger partial charge in [0.2, 0.25) is 0 Å². The summed E-state index contributed by atoms with van der Waals surface area (Å²) in [7, 11) is 3.99. The number of hydrogen-bond acceptors (Lipinski definition) is 3. The zero-order chi connectivity index (χ0) is 10.3. The van der Waals surface area contributed by atoms with E-state index >= 15 is 0 Å². The molecule has 1 unspecified atom stereocenters. The lowest BCUT2D eigenvalue weighted by molar-refractivity contribution is 0.0903. The summed E-state index contributed by atoms with van der Waals surface area (Å²) in [6, 6.07) is 0. The van der Waals surface area contributed by atoms with Gasteiger partial charge < -0.3 is 15.4 Å². The lowest BCUT2D eigenvalue weighted by Crippen LogP contribution is -2.26. The molecular formula is C9H21ClN2O2. The first-order chi connectivity index (χ1) is 6.06. The number of carbonyl (C=O) groups is 1. The average Bonchev–Trinajstić information content (AvgIpc) is 1.99. The first-order valence-corrected chi connectivity index (χ1v) is 4.67. The Hall–Kier alpha value is -0.480. The van der Waals surface area contributed by atoms with E-state index in [0.29, 0.717) is 0 Å². The van der Waals surface area contributed by atoms with Gasteiger partial charge in [-0.15, -0.1) is 12.4 Å². The summed E-state index contributed by atoms with van der Waals surface area (Å²) >= 11 is 0. The summed E-state index contributed by atoms with van der Waals surface area (Å²) in [6.45, 7) is 2.98. The van der Waals surface area contributed by atoms with Gasteiger partial charge >= 0.3 is 6.09 Å². The van der Waals surface area contributed by atoms with Crippen molar-refractivity contribution in [2.24, 2.45) is 5.73 Å². The van der Waals surface area contributed by atoms with Gasteiger partial charge in [-0.1, -0.05) is 13.3 Å². The number of rotatable bonds is 6. The topological polar surface area (TPSA) is 55.6 Å². The molecule has 0 saturated carbocycles. The largest absolute Gasteiger partial charge is 0.446 e. The molecule has 0 aromatic heterocycles. The quantitative estimate of drug-likeness (QED) is 0.746. The Bertz CT molecular complexity index is 154. The van der Waals surface area contributed by atoms with Crippen molar-refractivity contribution in [2.45, 2.75) is 32.3 Å². The molecule has 0 aliphatic heterocycles. The maximum absolute atomic E-state index is 10.5. The molecule has 1 atom stereocenters. The van der Waals surface area contributed by atoms with E-state index in [2.05, 4.69) is 11.8 Å². The highest BCUT2D eigenvalue weighted by atomic mass is 35.5. The van der Waals surface area contributed by atoms with Gasteiger partial charge in [0.05, 0.1) is 0 Å². The Morgan fingerprint density at radius 3 is 2.36 bits per heavy atom. The fourth-order valence-corrected chi connectivity index (χ4v) is 1.15. The Balaban J connectivity index is 0. The highest BCUT2D eigenvalue weighted by Gasteiger charge is 2.11. The fraction of sp³-hybridized carbons (Fsp3) is 0.889. The molecule has 0 aromatic rings. The number of hydrogen-bond donors (Lipinski definition) is 1. The molecule has 4 nitrogen and oxygen atoms in total. The van der Waals surface area contributed by atoms with E-state index in [1.165, 1.54) is 0 Å². The second-order valence-electron chi connectivity index (χ2n) is 3.44. The van der Waals surface area contributed by atoms with Crippen LogP contribution >= 0.6 is 12.4 Å². The minimum absolute atomic E-state index is 0. The van der Waals surface area contributed by atoms with E-state index in [9.17, 15) is 4.79 Å². The summed E-state index contributed by atoms with van der Waals surface area (Å²) < 4.78 is 4.95. The molecule has 1 amide bonds. The highest BCUT2D eigenvalue weighted by molar-refractivity contribution is 5.85. The van der Waals surface area contributed by atoms with E-state index in [0.717, 1.165) is 25.8 Å². The summed E-state index contributed by atoms with van der Waals surface area (Å²) in [6.07, 6.45) is 2.05. The predicted octanol–water partition coefficient (Wildman–Crippen LogP) is 1.62. The van der Waals surface area contributed by atoms with Crippen LogP contribution in [0.5, 0.6) is 0 Å². The molecule has 0 heterocycles. The minimum atomic E-state index is -0.669. The van der Waals surface area contributed by atoms with Crippen molar-refractivity contribution in [2.75, 3.05) is 20.6 Å². The lowest BCUT2D eigenvalue weighted by atomic mass is 10.1. The van der Waals surface area contributed by atoms with E-state index in [-0.39, 0.29) is 18.5 Å². The van der Waals surface area contributed by atoms with Crippen LogP contribution in [-0.4, -0.2) is 37.7 Å². The van der Waals surface area contributed by atoms with Crippen LogP contribution in [0.3, 0.4) is 0 Å². The summed E-state index contributed by atoms with van der Waals surface area (Å²) in [5.74, 6) is 0. The molecule has 0 rings (SSSR count). The smallest absolute Gasteiger partial charge is 0.404 e. The number of halogens is 1. The van der Waals surface area contributed by atoms with Crippen molar-refractivity contribution >= 4 is 18.5 Å². The van der Waals surface area contributed by atoms with Gasteiger partial charge in [0.15, 0.2) is 0 Å². The van der Waals surface area contributed by atoms with Gasteiger partial charge in [-0.3, -0.25) is 0 Å². The maximum Gasteiger partial charge on any atom is 0.404 e. The standard InChI is InChI=1S/C9H20N2O2.ClH/c1-4-5-8(13-9(10)12)6-7-11(2)3;/h8H,4-7H2,1-3H3,(H2,10,12);1H. The van der Waals surface area contributed by atoms with E-state index < -0.39 is 6.09 Å². The lowest BCUT2D eigenvalue weighted by Gasteiger charge is -2.18. The van der Waals surface area contributed by atoms with Crippen molar-refractivity contribution in [3.63, 3.8) is 0 Å². The van der Waals surface area contributed by atoms with Crippen molar-refractivity contribution in [1.29, 1.82) is 0 Å². The zero-order valence-electron chi connectivity index (χ0n) is 9.16. The van der Waals surface area contributed by atoms with Crippen molar-refractivity contribution in [3.8, 4) is 0 Å². The van der Waals surface area contributed by atoms with Gasteiger partial charge in [-0.2, -0.15) is 0 Å². The Labute approximate surface area is 92.2 Å². The summed E-state index contributed by atoms with van der Waals surface area (Å²) in [5.41, 5.74) is 4.96. The van der Waals surface area contributed by atoms with Gasteiger partial charge in [0, 0.05) is 6.54 Å². The third kappa shape index (κ3) is 9.61. The summed E-state index contributed by atoms with van der Waals surface area (Å²) in [5, 5.41) is 0. The van der Waals surface area contributed by atoms with Gasteiger partial charge in [-0.05, 0) is 26.9 Å². The Morgan fingerprint density at radius 1 is 1.43 bits per heavy atom. The van der Waals surface area contributed by atoms with E-state index in [4.69, 9.17) is 10.5 Å². The van der Waals surface area contributed by atoms with Crippen LogP contribution in [0, 0.1) is 0 Å². The third-order valence-corrected chi connectivity index (χ3v) is 1.79. The van der Waals surface area contributed by atoms with Crippen LogP contribution in [0.4, 0.5) is 4.79 Å². The molecule has 14 heavy (non-hydrogen) atoms. The van der Waals surface area contributed by atoms with Crippen molar-refractivity contribution in [1.82, 2.24) is 4.90 Å². The Morgan fingerprint density at radius 2 is 2.00 bits per heavy atom. The van der Waals surface area contributed by atoms with E-state index in [1.54, 1.807) is 0 Å². The number of amides is 1. The summed E-state index contributed by atoms with van der Waals surface area (Å²) in [4.78, 5) is 12.6. The average molecular weight is 225 g/mol. The molecule has 0 aromatic carbocycles. The molecule has 0 spiro atoms. The fourth-order valence-electron chi connectivity index (χ4n) is 1.15. The first kappa shape index (κ1) is 16.0. The number of primary amides is 1. The first-order valence-electron chi connectivity index (χ1n) is 4.67. The SMILES string of the molecule is CCCC(CCN(C)C)OC(N)=O.Cl. The predicted molar refractivity (Wildman–Crippen MR) is 59.8 cm³/mol. The van der Waals surface area contributed by atoms with Gasteiger partial charge in [0.25, 0.3) is 0 Å². The minimum Gasteiger partial charge on any atom is -0.446 e. The number of nitrogens with zero attached hydrogens (tertiary/aromatic N) is 1. The molecule has 0 aliphatic carbocycles. The van der Waals surface area contributed by atoms with Crippen LogP contribution in [-0.2, 0) is 4.74 Å². The second-order valence-corrected chi connectivity index (χ2v) is 3.44. The molecular weight excluding hydrogens is 204 g/mol. The third-order valence-electron chi connectivity index (χ3n) is 1.79. The monoisotopic (exact) mass is 224 g/mol. The molecule has 0 radical (unpaired) electrons. The van der Waals surface area contributed by atoms with Crippen LogP contribution in [0.2, 0.25) is 0 Å². The van der Waals surface area contributed by atoms with E-state index in [1.807, 2.05) is 14.1 Å². The van der Waals surface area contributed by atoms with Crippen molar-refractivity contribution < 1.29 is 9.53 Å². The van der Waals surface area contributed by atoms with Gasteiger partial charge in [-0.25, -0.2) is 4.79 Å². The number of nitrogens with two attached hydrogens (primary N) is 1. The van der Waals surface area contributed by atoms with Crippen LogP contribution in [0.15, 0.2) is 0 Å². The van der Waals surface area contributed by atoms with Crippen molar-refractivity contribution in [3.05, 3.63) is 0 Å². The maximum atomic E-state index is 10.5. The van der Waals surface area contributed by atoms with Crippen LogP contribution in [0.1, 0.15) is 26.2 Å². The molecule has 2 N–H and O–H groups in total. The molecule has 0 bridgehead atoms. The number of carbonyl (C=O) groups excluding carboxylic acids is 1. The second kappa shape index (κ2) is 9.09. The Kier molecular flexibility index (Phi) is 10.4. The molecule has 5 heteroatoms. The molecule has 0 aliphatic rings. The van der Waals surface area contributed by atoms with Gasteiger partial charge in [0.1, 0.15) is 6.10 Å². The molecule has 0 fully saturated rings. The molecule has 0 saturated heterocycles. The van der Waals surface area contributed by atoms with Crippen LogP contribution in [0.25, 0.3) is 0 Å².